The Bertz CT molecular complexity index is 552. The Morgan fingerprint density at radius 1 is 0.900 bits per heavy atom. The number of rotatable bonds is 6. The van der Waals surface area contributed by atoms with Crippen LogP contribution >= 0.6 is 0 Å². The molecule has 0 aliphatic carbocycles. The van der Waals surface area contributed by atoms with E-state index in [-0.39, 0.29) is 0 Å². The summed E-state index contributed by atoms with van der Waals surface area (Å²) in [5.41, 5.74) is 7.69. The van der Waals surface area contributed by atoms with Gasteiger partial charge in [-0.2, -0.15) is 0 Å². The fraction of sp³-hybridized carbons (Fsp3) is 0.250. The van der Waals surface area contributed by atoms with Crippen molar-refractivity contribution in [1.29, 1.82) is 0 Å². The van der Waals surface area contributed by atoms with Crippen LogP contribution in [0.15, 0.2) is 42.5 Å². The van der Waals surface area contributed by atoms with E-state index in [2.05, 4.69) is 0 Å². The first kappa shape index (κ1) is 14.2. The Labute approximate surface area is 119 Å². The fourth-order valence-corrected chi connectivity index (χ4v) is 1.90. The quantitative estimate of drug-likeness (QED) is 0.879. The highest BCUT2D eigenvalue weighted by molar-refractivity contribution is 5.38. The van der Waals surface area contributed by atoms with E-state index < -0.39 is 0 Å². The molecular weight excluding hydrogens is 254 g/mol. The molecule has 4 heteroatoms. The Kier molecular flexibility index (Phi) is 4.85. The van der Waals surface area contributed by atoms with Crippen LogP contribution < -0.4 is 19.9 Å². The first-order chi connectivity index (χ1) is 9.76. The van der Waals surface area contributed by atoms with Gasteiger partial charge in [0, 0.05) is 12.1 Å². The Hall–Kier alpha value is -2.20. The van der Waals surface area contributed by atoms with Crippen LogP contribution in [-0.4, -0.2) is 14.2 Å². The van der Waals surface area contributed by atoms with Gasteiger partial charge in [-0.25, -0.2) is 0 Å². The van der Waals surface area contributed by atoms with Crippen LogP contribution in [0.3, 0.4) is 0 Å². The summed E-state index contributed by atoms with van der Waals surface area (Å²) in [7, 11) is 3.29. The lowest BCUT2D eigenvalue weighted by molar-refractivity contribution is 0.296. The number of hydrogen-bond donors (Lipinski definition) is 1. The highest BCUT2D eigenvalue weighted by Gasteiger charge is 2.05. The second-order valence-corrected chi connectivity index (χ2v) is 4.31. The van der Waals surface area contributed by atoms with Crippen molar-refractivity contribution >= 4 is 0 Å². The molecule has 0 atom stereocenters. The molecular formula is C16H19NO3. The molecule has 0 saturated heterocycles. The summed E-state index contributed by atoms with van der Waals surface area (Å²) in [4.78, 5) is 0. The SMILES string of the molecule is COc1ccc(OCc2cc(CN)ccc2OC)cc1. The molecule has 0 amide bonds. The zero-order valence-electron chi connectivity index (χ0n) is 11.8. The number of nitrogens with two attached hydrogens (primary N) is 1. The van der Waals surface area contributed by atoms with E-state index in [9.17, 15) is 0 Å². The van der Waals surface area contributed by atoms with Gasteiger partial charge in [-0.05, 0) is 42.0 Å². The average Bonchev–Trinajstić information content (AvgIpc) is 2.53. The summed E-state index contributed by atoms with van der Waals surface area (Å²) in [6, 6.07) is 13.3. The van der Waals surface area contributed by atoms with Crippen LogP contribution in [0.2, 0.25) is 0 Å². The maximum atomic E-state index is 5.76. The highest BCUT2D eigenvalue weighted by atomic mass is 16.5. The zero-order chi connectivity index (χ0) is 14.4. The molecule has 2 aromatic rings. The van der Waals surface area contributed by atoms with Crippen molar-refractivity contribution in [1.82, 2.24) is 0 Å². The maximum absolute atomic E-state index is 5.76. The summed E-state index contributed by atoms with van der Waals surface area (Å²) in [5.74, 6) is 2.39. The van der Waals surface area contributed by atoms with E-state index >= 15 is 0 Å². The van der Waals surface area contributed by atoms with Crippen molar-refractivity contribution in [2.75, 3.05) is 14.2 Å². The van der Waals surface area contributed by atoms with Gasteiger partial charge in [0.05, 0.1) is 14.2 Å². The molecule has 2 N–H and O–H groups in total. The molecule has 0 aliphatic rings. The molecule has 0 saturated carbocycles. The van der Waals surface area contributed by atoms with Crippen molar-refractivity contribution < 1.29 is 14.2 Å². The third kappa shape index (κ3) is 3.42. The average molecular weight is 273 g/mol. The molecule has 106 valence electrons. The van der Waals surface area contributed by atoms with Crippen LogP contribution in [0.1, 0.15) is 11.1 Å². The minimum absolute atomic E-state index is 0.434. The van der Waals surface area contributed by atoms with E-state index in [1.54, 1.807) is 14.2 Å². The van der Waals surface area contributed by atoms with Gasteiger partial charge >= 0.3 is 0 Å². The molecule has 0 aromatic heterocycles. The third-order valence-electron chi connectivity index (χ3n) is 3.03. The van der Waals surface area contributed by atoms with Crippen molar-refractivity contribution in [3.63, 3.8) is 0 Å². The van der Waals surface area contributed by atoms with E-state index in [1.807, 2.05) is 42.5 Å². The molecule has 0 fully saturated rings. The molecule has 0 radical (unpaired) electrons. The highest BCUT2D eigenvalue weighted by Crippen LogP contribution is 2.23. The third-order valence-corrected chi connectivity index (χ3v) is 3.03. The van der Waals surface area contributed by atoms with Gasteiger partial charge in [0.15, 0.2) is 0 Å². The molecule has 0 spiro atoms. The second-order valence-electron chi connectivity index (χ2n) is 4.31. The first-order valence-electron chi connectivity index (χ1n) is 6.39. The molecule has 2 aromatic carbocycles. The van der Waals surface area contributed by atoms with Crippen LogP contribution in [0.25, 0.3) is 0 Å². The minimum atomic E-state index is 0.434. The van der Waals surface area contributed by atoms with E-state index in [0.717, 1.165) is 28.4 Å². The summed E-state index contributed by atoms with van der Waals surface area (Å²) in [6.45, 7) is 0.933. The first-order valence-corrected chi connectivity index (χ1v) is 6.39. The normalized spacial score (nSPS) is 10.2. The predicted molar refractivity (Wildman–Crippen MR) is 78.2 cm³/mol. The second kappa shape index (κ2) is 6.82. The molecule has 0 heterocycles. The van der Waals surface area contributed by atoms with E-state index in [0.29, 0.717) is 13.2 Å². The van der Waals surface area contributed by atoms with E-state index in [4.69, 9.17) is 19.9 Å². The fourth-order valence-electron chi connectivity index (χ4n) is 1.90. The Balaban J connectivity index is 2.08. The number of methoxy groups -OCH3 is 2. The van der Waals surface area contributed by atoms with Gasteiger partial charge in [0.25, 0.3) is 0 Å². The topological polar surface area (TPSA) is 53.7 Å². The summed E-state index contributed by atoms with van der Waals surface area (Å²) in [6.07, 6.45) is 0. The maximum Gasteiger partial charge on any atom is 0.125 e. The number of ether oxygens (including phenoxy) is 3. The zero-order valence-corrected chi connectivity index (χ0v) is 11.8. The number of benzene rings is 2. The molecule has 0 aliphatic heterocycles. The monoisotopic (exact) mass is 273 g/mol. The lowest BCUT2D eigenvalue weighted by Gasteiger charge is -2.12. The van der Waals surface area contributed by atoms with Gasteiger partial charge in [-0.15, -0.1) is 0 Å². The Morgan fingerprint density at radius 2 is 1.60 bits per heavy atom. The smallest absolute Gasteiger partial charge is 0.125 e. The van der Waals surface area contributed by atoms with Crippen molar-refractivity contribution in [2.24, 2.45) is 5.73 Å². The van der Waals surface area contributed by atoms with Crippen LogP contribution in [0, 0.1) is 0 Å². The van der Waals surface area contributed by atoms with Crippen molar-refractivity contribution in [3.05, 3.63) is 53.6 Å². The summed E-state index contributed by atoms with van der Waals surface area (Å²) >= 11 is 0. The molecule has 0 unspecified atom stereocenters. The number of hydrogen-bond acceptors (Lipinski definition) is 4. The van der Waals surface area contributed by atoms with Gasteiger partial charge in [0.1, 0.15) is 23.9 Å². The predicted octanol–water partition coefficient (Wildman–Crippen LogP) is 2.74. The Morgan fingerprint density at radius 3 is 2.20 bits per heavy atom. The molecule has 2 rings (SSSR count). The van der Waals surface area contributed by atoms with Gasteiger partial charge in [-0.3, -0.25) is 0 Å². The van der Waals surface area contributed by atoms with Crippen molar-refractivity contribution in [3.8, 4) is 17.2 Å². The lowest BCUT2D eigenvalue weighted by Crippen LogP contribution is -2.02. The van der Waals surface area contributed by atoms with Gasteiger partial charge in [-0.1, -0.05) is 6.07 Å². The minimum Gasteiger partial charge on any atom is -0.497 e. The molecule has 0 bridgehead atoms. The van der Waals surface area contributed by atoms with Crippen LogP contribution in [-0.2, 0) is 13.2 Å². The van der Waals surface area contributed by atoms with Gasteiger partial charge < -0.3 is 19.9 Å². The molecule has 4 nitrogen and oxygen atoms in total. The van der Waals surface area contributed by atoms with Crippen molar-refractivity contribution in [2.45, 2.75) is 13.2 Å². The summed E-state index contributed by atoms with van der Waals surface area (Å²) in [5, 5.41) is 0. The summed E-state index contributed by atoms with van der Waals surface area (Å²) < 4.78 is 16.2. The standard InChI is InChI=1S/C16H19NO3/c1-18-14-4-6-15(7-5-14)20-11-13-9-12(10-17)3-8-16(13)19-2/h3-9H,10-11,17H2,1-2H3. The van der Waals surface area contributed by atoms with E-state index in [1.165, 1.54) is 0 Å². The van der Waals surface area contributed by atoms with Crippen LogP contribution in [0.5, 0.6) is 17.2 Å². The molecule has 20 heavy (non-hydrogen) atoms. The van der Waals surface area contributed by atoms with Crippen LogP contribution in [0.4, 0.5) is 0 Å². The van der Waals surface area contributed by atoms with Gasteiger partial charge in [0.2, 0.25) is 0 Å². The largest absolute Gasteiger partial charge is 0.497 e. The lowest BCUT2D eigenvalue weighted by atomic mass is 10.1.